The summed E-state index contributed by atoms with van der Waals surface area (Å²) >= 11 is 0. The maximum absolute atomic E-state index is 8.70. The molecule has 5 heteroatoms. The topological polar surface area (TPSA) is 70.8 Å². The maximum atomic E-state index is 8.70. The van der Waals surface area contributed by atoms with Crippen molar-refractivity contribution in [2.24, 2.45) is 0 Å². The molecular weight excluding hydrogens is 264 g/mol. The summed E-state index contributed by atoms with van der Waals surface area (Å²) in [6.07, 6.45) is 5.12. The SMILES string of the molecule is N#Cc1ccc(Nc2cccc(OC3CCCC3)c2)nn1. The molecule has 1 saturated carbocycles. The minimum absolute atomic E-state index is 0.305. The van der Waals surface area contributed by atoms with Gasteiger partial charge in [0.2, 0.25) is 0 Å². The van der Waals surface area contributed by atoms with Gasteiger partial charge in [0.25, 0.3) is 0 Å². The molecule has 0 aliphatic heterocycles. The minimum Gasteiger partial charge on any atom is -0.490 e. The number of rotatable bonds is 4. The fraction of sp³-hybridized carbons (Fsp3) is 0.312. The molecule has 0 radical (unpaired) electrons. The third-order valence-electron chi connectivity index (χ3n) is 3.49. The number of ether oxygens (including phenoxy) is 1. The Labute approximate surface area is 123 Å². The maximum Gasteiger partial charge on any atom is 0.163 e. The van der Waals surface area contributed by atoms with Gasteiger partial charge in [-0.15, -0.1) is 10.2 Å². The van der Waals surface area contributed by atoms with Crippen molar-refractivity contribution < 1.29 is 4.74 Å². The van der Waals surface area contributed by atoms with Crippen molar-refractivity contribution in [1.29, 1.82) is 5.26 Å². The number of hydrogen-bond donors (Lipinski definition) is 1. The quantitative estimate of drug-likeness (QED) is 0.929. The van der Waals surface area contributed by atoms with Crippen LogP contribution >= 0.6 is 0 Å². The Bertz CT molecular complexity index is 642. The summed E-state index contributed by atoms with van der Waals surface area (Å²) in [6, 6.07) is 13.1. The van der Waals surface area contributed by atoms with Crippen molar-refractivity contribution in [3.05, 3.63) is 42.1 Å². The molecule has 1 N–H and O–H groups in total. The monoisotopic (exact) mass is 280 g/mol. The second kappa shape index (κ2) is 6.23. The van der Waals surface area contributed by atoms with Crippen LogP contribution in [0, 0.1) is 11.3 Å². The standard InChI is InChI=1S/C16H16N4O/c17-11-13-8-9-16(20-19-13)18-12-4-3-7-15(10-12)21-14-5-1-2-6-14/h3-4,7-10,14H,1-2,5-6H2,(H,18,20). The van der Waals surface area contributed by atoms with E-state index in [4.69, 9.17) is 10.00 Å². The molecule has 3 rings (SSSR count). The van der Waals surface area contributed by atoms with Crippen molar-refractivity contribution >= 4 is 11.5 Å². The number of benzene rings is 1. The molecule has 5 nitrogen and oxygen atoms in total. The van der Waals surface area contributed by atoms with Gasteiger partial charge in [-0.3, -0.25) is 0 Å². The lowest BCUT2D eigenvalue weighted by Crippen LogP contribution is -2.10. The number of aromatic nitrogens is 2. The average Bonchev–Trinajstić information content (AvgIpc) is 3.01. The van der Waals surface area contributed by atoms with E-state index in [9.17, 15) is 0 Å². The molecule has 1 aromatic carbocycles. The molecule has 0 atom stereocenters. The predicted octanol–water partition coefficient (Wildman–Crippen LogP) is 3.41. The van der Waals surface area contributed by atoms with E-state index in [1.165, 1.54) is 12.8 Å². The molecule has 2 aromatic rings. The zero-order valence-electron chi connectivity index (χ0n) is 11.6. The molecule has 0 saturated heterocycles. The van der Waals surface area contributed by atoms with Crippen LogP contribution in [-0.4, -0.2) is 16.3 Å². The van der Waals surface area contributed by atoms with E-state index in [-0.39, 0.29) is 0 Å². The first-order chi connectivity index (χ1) is 10.3. The van der Waals surface area contributed by atoms with Gasteiger partial charge in [0, 0.05) is 11.8 Å². The van der Waals surface area contributed by atoms with Gasteiger partial charge < -0.3 is 10.1 Å². The van der Waals surface area contributed by atoms with Crippen molar-refractivity contribution in [1.82, 2.24) is 10.2 Å². The summed E-state index contributed by atoms with van der Waals surface area (Å²) in [5, 5.41) is 19.6. The van der Waals surface area contributed by atoms with E-state index in [0.717, 1.165) is 24.3 Å². The number of nitrogens with zero attached hydrogens (tertiary/aromatic N) is 3. The van der Waals surface area contributed by atoms with Gasteiger partial charge >= 0.3 is 0 Å². The Morgan fingerprint density at radius 3 is 2.71 bits per heavy atom. The molecule has 0 amide bonds. The van der Waals surface area contributed by atoms with Gasteiger partial charge in [0.15, 0.2) is 11.5 Å². The summed E-state index contributed by atoms with van der Waals surface area (Å²) in [5.41, 5.74) is 1.20. The fourth-order valence-corrected chi connectivity index (χ4v) is 2.45. The van der Waals surface area contributed by atoms with Crippen LogP contribution in [0.1, 0.15) is 31.4 Å². The van der Waals surface area contributed by atoms with Gasteiger partial charge in [-0.1, -0.05) is 6.07 Å². The molecule has 1 fully saturated rings. The molecule has 1 aromatic heterocycles. The highest BCUT2D eigenvalue weighted by atomic mass is 16.5. The largest absolute Gasteiger partial charge is 0.490 e. The van der Waals surface area contributed by atoms with Crippen LogP contribution in [0.5, 0.6) is 5.75 Å². The molecule has 1 aliphatic rings. The van der Waals surface area contributed by atoms with Crippen molar-refractivity contribution in [2.45, 2.75) is 31.8 Å². The fourth-order valence-electron chi connectivity index (χ4n) is 2.45. The summed E-state index contributed by atoms with van der Waals surface area (Å²) in [5.74, 6) is 1.47. The lowest BCUT2D eigenvalue weighted by molar-refractivity contribution is 0.210. The third kappa shape index (κ3) is 3.48. The van der Waals surface area contributed by atoms with E-state index in [1.807, 2.05) is 30.3 Å². The van der Waals surface area contributed by atoms with Crippen LogP contribution in [-0.2, 0) is 0 Å². The smallest absolute Gasteiger partial charge is 0.163 e. The second-order valence-electron chi connectivity index (χ2n) is 5.09. The van der Waals surface area contributed by atoms with Crippen molar-refractivity contribution in [2.75, 3.05) is 5.32 Å². The summed E-state index contributed by atoms with van der Waals surface area (Å²) < 4.78 is 5.97. The highest BCUT2D eigenvalue weighted by Crippen LogP contribution is 2.26. The van der Waals surface area contributed by atoms with E-state index in [1.54, 1.807) is 12.1 Å². The molecule has 0 bridgehead atoms. The highest BCUT2D eigenvalue weighted by Gasteiger charge is 2.16. The van der Waals surface area contributed by atoms with E-state index in [2.05, 4.69) is 15.5 Å². The Balaban J connectivity index is 1.68. The number of nitriles is 1. The Morgan fingerprint density at radius 2 is 2.00 bits per heavy atom. The van der Waals surface area contributed by atoms with Crippen LogP contribution in [0.4, 0.5) is 11.5 Å². The molecule has 106 valence electrons. The van der Waals surface area contributed by atoms with Crippen LogP contribution in [0.25, 0.3) is 0 Å². The van der Waals surface area contributed by atoms with E-state index >= 15 is 0 Å². The predicted molar refractivity (Wildman–Crippen MR) is 79.4 cm³/mol. The number of hydrogen-bond acceptors (Lipinski definition) is 5. The van der Waals surface area contributed by atoms with Crippen LogP contribution in [0.2, 0.25) is 0 Å². The molecule has 21 heavy (non-hydrogen) atoms. The first-order valence-corrected chi connectivity index (χ1v) is 7.11. The van der Waals surface area contributed by atoms with Gasteiger partial charge in [-0.2, -0.15) is 5.26 Å². The highest BCUT2D eigenvalue weighted by molar-refractivity contribution is 5.57. The summed E-state index contributed by atoms with van der Waals surface area (Å²) in [6.45, 7) is 0. The molecule has 0 unspecified atom stereocenters. The zero-order valence-corrected chi connectivity index (χ0v) is 11.6. The van der Waals surface area contributed by atoms with Crippen molar-refractivity contribution in [3.8, 4) is 11.8 Å². The van der Waals surface area contributed by atoms with Gasteiger partial charge in [-0.25, -0.2) is 0 Å². The zero-order chi connectivity index (χ0) is 14.5. The molecule has 1 aliphatic carbocycles. The van der Waals surface area contributed by atoms with Crippen LogP contribution in [0.3, 0.4) is 0 Å². The van der Waals surface area contributed by atoms with Gasteiger partial charge in [0.1, 0.15) is 11.8 Å². The Hall–Kier alpha value is -2.61. The lowest BCUT2D eigenvalue weighted by atomic mass is 10.2. The molecule has 0 spiro atoms. The third-order valence-corrected chi connectivity index (χ3v) is 3.49. The van der Waals surface area contributed by atoms with Crippen LogP contribution in [0.15, 0.2) is 36.4 Å². The first kappa shape index (κ1) is 13.4. The lowest BCUT2D eigenvalue weighted by Gasteiger charge is -2.14. The average molecular weight is 280 g/mol. The Kier molecular flexibility index (Phi) is 3.97. The summed E-state index contributed by atoms with van der Waals surface area (Å²) in [4.78, 5) is 0. The Morgan fingerprint density at radius 1 is 1.14 bits per heavy atom. The minimum atomic E-state index is 0.305. The number of nitrogens with one attached hydrogen (secondary N) is 1. The number of anilines is 2. The van der Waals surface area contributed by atoms with E-state index in [0.29, 0.717) is 17.6 Å². The van der Waals surface area contributed by atoms with Crippen LogP contribution < -0.4 is 10.1 Å². The second-order valence-corrected chi connectivity index (χ2v) is 5.09. The normalized spacial score (nSPS) is 14.6. The molecule has 1 heterocycles. The summed E-state index contributed by atoms with van der Waals surface area (Å²) in [7, 11) is 0. The van der Waals surface area contributed by atoms with Gasteiger partial charge in [0.05, 0.1) is 6.10 Å². The first-order valence-electron chi connectivity index (χ1n) is 7.11. The van der Waals surface area contributed by atoms with Crippen molar-refractivity contribution in [3.63, 3.8) is 0 Å². The van der Waals surface area contributed by atoms with Gasteiger partial charge in [-0.05, 0) is 49.9 Å². The molecular formula is C16H16N4O. The van der Waals surface area contributed by atoms with E-state index < -0.39 is 0 Å².